The Labute approximate surface area is 141 Å². The monoisotopic (exact) mass is 335 g/mol. The zero-order valence-corrected chi connectivity index (χ0v) is 15.0. The van der Waals surface area contributed by atoms with Crippen molar-refractivity contribution < 1.29 is 9.47 Å². The lowest BCUT2D eigenvalue weighted by molar-refractivity contribution is 0.190. The van der Waals surface area contributed by atoms with Crippen LogP contribution in [-0.4, -0.2) is 50.5 Å². The van der Waals surface area contributed by atoms with Crippen LogP contribution in [-0.2, 0) is 22.3 Å². The van der Waals surface area contributed by atoms with Crippen LogP contribution in [0.15, 0.2) is 6.33 Å². The van der Waals surface area contributed by atoms with Crippen molar-refractivity contribution in [3.05, 3.63) is 16.8 Å². The molecule has 2 aromatic rings. The van der Waals surface area contributed by atoms with Gasteiger partial charge in [0, 0.05) is 32.2 Å². The van der Waals surface area contributed by atoms with Crippen LogP contribution in [0.2, 0.25) is 0 Å². The molecule has 0 spiro atoms. The highest BCUT2D eigenvalue weighted by Gasteiger charge is 2.24. The quantitative estimate of drug-likeness (QED) is 0.778. The number of aryl methyl sites for hydroxylation is 1. The molecule has 0 fully saturated rings. The first-order valence-corrected chi connectivity index (χ1v) is 9.04. The standard InChI is InChI=1S/C17H25N3O2S/c1-12-4-5-14-13(10-12)15-16(18-11-19-17(15)23-14)20(6-8-21-2)7-9-22-3/h11-12H,4-10H2,1-3H3. The number of aromatic nitrogens is 2. The van der Waals surface area contributed by atoms with E-state index in [2.05, 4.69) is 21.8 Å². The first-order valence-electron chi connectivity index (χ1n) is 8.22. The van der Waals surface area contributed by atoms with E-state index < -0.39 is 0 Å². The van der Waals surface area contributed by atoms with Gasteiger partial charge >= 0.3 is 0 Å². The van der Waals surface area contributed by atoms with Gasteiger partial charge < -0.3 is 14.4 Å². The minimum absolute atomic E-state index is 0.679. The van der Waals surface area contributed by atoms with E-state index in [1.807, 2.05) is 11.3 Å². The maximum absolute atomic E-state index is 5.27. The zero-order valence-electron chi connectivity index (χ0n) is 14.2. The number of nitrogens with zero attached hydrogens (tertiary/aromatic N) is 3. The molecule has 1 aliphatic carbocycles. The molecule has 0 bridgehead atoms. The van der Waals surface area contributed by atoms with Gasteiger partial charge in [-0.25, -0.2) is 9.97 Å². The van der Waals surface area contributed by atoms with E-state index in [4.69, 9.17) is 9.47 Å². The fourth-order valence-corrected chi connectivity index (χ4v) is 4.41. The molecule has 126 valence electrons. The molecular weight excluding hydrogens is 310 g/mol. The maximum atomic E-state index is 5.27. The van der Waals surface area contributed by atoms with Crippen LogP contribution in [0, 0.1) is 5.92 Å². The lowest BCUT2D eigenvalue weighted by atomic mass is 9.88. The Morgan fingerprint density at radius 3 is 2.65 bits per heavy atom. The summed E-state index contributed by atoms with van der Waals surface area (Å²) in [4.78, 5) is 14.0. The molecule has 3 rings (SSSR count). The summed E-state index contributed by atoms with van der Waals surface area (Å²) in [5.74, 6) is 1.77. The highest BCUT2D eigenvalue weighted by molar-refractivity contribution is 7.19. The number of fused-ring (bicyclic) bond motifs is 3. The summed E-state index contributed by atoms with van der Waals surface area (Å²) in [5.41, 5.74) is 1.47. The summed E-state index contributed by atoms with van der Waals surface area (Å²) in [6, 6.07) is 0. The summed E-state index contributed by atoms with van der Waals surface area (Å²) in [6.07, 6.45) is 5.28. The van der Waals surface area contributed by atoms with Crippen molar-refractivity contribution in [3.8, 4) is 0 Å². The number of hydrogen-bond acceptors (Lipinski definition) is 6. The highest BCUT2D eigenvalue weighted by atomic mass is 32.1. The Morgan fingerprint density at radius 1 is 1.22 bits per heavy atom. The third-order valence-corrected chi connectivity index (χ3v) is 5.70. The smallest absolute Gasteiger partial charge is 0.141 e. The number of ether oxygens (including phenoxy) is 2. The number of anilines is 1. The fraction of sp³-hybridized carbons (Fsp3) is 0.647. The van der Waals surface area contributed by atoms with E-state index >= 15 is 0 Å². The first kappa shape index (κ1) is 16.6. The van der Waals surface area contributed by atoms with Crippen molar-refractivity contribution in [1.82, 2.24) is 9.97 Å². The van der Waals surface area contributed by atoms with Gasteiger partial charge in [-0.05, 0) is 30.7 Å². The Balaban J connectivity index is 2.02. The normalized spacial score (nSPS) is 17.4. The minimum Gasteiger partial charge on any atom is -0.383 e. The second-order valence-electron chi connectivity index (χ2n) is 6.20. The van der Waals surface area contributed by atoms with Gasteiger partial charge in [-0.15, -0.1) is 11.3 Å². The van der Waals surface area contributed by atoms with Crippen LogP contribution in [0.4, 0.5) is 5.82 Å². The van der Waals surface area contributed by atoms with E-state index in [9.17, 15) is 0 Å². The van der Waals surface area contributed by atoms with Gasteiger partial charge in [0.05, 0.1) is 18.6 Å². The molecular formula is C17H25N3O2S. The Morgan fingerprint density at radius 2 is 1.96 bits per heavy atom. The number of thiophene rings is 1. The molecule has 2 aromatic heterocycles. The van der Waals surface area contributed by atoms with E-state index in [1.165, 1.54) is 28.7 Å². The molecule has 0 saturated carbocycles. The fourth-order valence-electron chi connectivity index (χ4n) is 3.23. The van der Waals surface area contributed by atoms with Crippen molar-refractivity contribution >= 4 is 27.4 Å². The Bertz CT molecular complexity index is 651. The molecule has 23 heavy (non-hydrogen) atoms. The molecule has 0 radical (unpaired) electrons. The van der Waals surface area contributed by atoms with Crippen LogP contribution in [0.5, 0.6) is 0 Å². The molecule has 1 unspecified atom stereocenters. The van der Waals surface area contributed by atoms with Crippen LogP contribution in [0.25, 0.3) is 10.2 Å². The van der Waals surface area contributed by atoms with Gasteiger partial charge in [0.25, 0.3) is 0 Å². The molecule has 5 nitrogen and oxygen atoms in total. The lowest BCUT2D eigenvalue weighted by Crippen LogP contribution is -2.31. The SMILES string of the molecule is COCCN(CCOC)c1ncnc2sc3c(c12)CC(C)CC3. The maximum Gasteiger partial charge on any atom is 0.141 e. The number of hydrogen-bond donors (Lipinski definition) is 0. The average Bonchev–Trinajstić information content (AvgIpc) is 2.93. The third kappa shape index (κ3) is 3.49. The third-order valence-electron chi connectivity index (χ3n) is 4.50. The predicted molar refractivity (Wildman–Crippen MR) is 94.6 cm³/mol. The summed E-state index contributed by atoms with van der Waals surface area (Å²) in [7, 11) is 3.47. The topological polar surface area (TPSA) is 47.5 Å². The van der Waals surface area contributed by atoms with Crippen LogP contribution in [0.3, 0.4) is 0 Å². The average molecular weight is 335 g/mol. The van der Waals surface area contributed by atoms with Crippen molar-refractivity contribution in [3.63, 3.8) is 0 Å². The number of methoxy groups -OCH3 is 2. The summed E-state index contributed by atoms with van der Waals surface area (Å²) in [5, 5.41) is 1.26. The molecule has 1 aliphatic rings. The Hall–Kier alpha value is -1.24. The van der Waals surface area contributed by atoms with Crippen LogP contribution in [0.1, 0.15) is 23.8 Å². The molecule has 0 saturated heterocycles. The highest BCUT2D eigenvalue weighted by Crippen LogP contribution is 2.40. The van der Waals surface area contributed by atoms with Crippen molar-refractivity contribution in [2.75, 3.05) is 45.4 Å². The van der Waals surface area contributed by atoms with Gasteiger partial charge in [-0.2, -0.15) is 0 Å². The van der Waals surface area contributed by atoms with Gasteiger partial charge in [-0.1, -0.05) is 6.92 Å². The summed E-state index contributed by atoms with van der Waals surface area (Å²) >= 11 is 1.84. The zero-order chi connectivity index (χ0) is 16.2. The molecule has 0 amide bonds. The Kier molecular flexibility index (Phi) is 5.46. The predicted octanol–water partition coefficient (Wildman–Crippen LogP) is 2.92. The lowest BCUT2D eigenvalue weighted by Gasteiger charge is -2.25. The van der Waals surface area contributed by atoms with Crippen molar-refractivity contribution in [2.45, 2.75) is 26.2 Å². The van der Waals surface area contributed by atoms with Crippen LogP contribution >= 0.6 is 11.3 Å². The van der Waals surface area contributed by atoms with Crippen LogP contribution < -0.4 is 4.90 Å². The second kappa shape index (κ2) is 7.55. The number of rotatable bonds is 7. The molecule has 2 heterocycles. The molecule has 6 heteroatoms. The summed E-state index contributed by atoms with van der Waals surface area (Å²) in [6.45, 7) is 5.32. The van der Waals surface area contributed by atoms with Gasteiger partial charge in [0.1, 0.15) is 17.0 Å². The van der Waals surface area contributed by atoms with Gasteiger partial charge in [-0.3, -0.25) is 0 Å². The summed E-state index contributed by atoms with van der Waals surface area (Å²) < 4.78 is 10.5. The molecule has 1 atom stereocenters. The van der Waals surface area contributed by atoms with E-state index in [-0.39, 0.29) is 0 Å². The minimum atomic E-state index is 0.679. The van der Waals surface area contributed by atoms with Gasteiger partial charge in [0.15, 0.2) is 0 Å². The molecule has 0 aromatic carbocycles. The largest absolute Gasteiger partial charge is 0.383 e. The van der Waals surface area contributed by atoms with E-state index in [0.29, 0.717) is 13.2 Å². The molecule has 0 N–H and O–H groups in total. The van der Waals surface area contributed by atoms with Gasteiger partial charge in [0.2, 0.25) is 0 Å². The van der Waals surface area contributed by atoms with Crippen molar-refractivity contribution in [1.29, 1.82) is 0 Å². The van der Waals surface area contributed by atoms with E-state index in [1.54, 1.807) is 20.5 Å². The van der Waals surface area contributed by atoms with E-state index in [0.717, 1.165) is 36.1 Å². The first-order chi connectivity index (χ1) is 11.2. The molecule has 0 aliphatic heterocycles. The van der Waals surface area contributed by atoms with Crippen molar-refractivity contribution in [2.24, 2.45) is 5.92 Å². The second-order valence-corrected chi connectivity index (χ2v) is 7.29.